The Hall–Kier alpha value is -3.31. The molecule has 5 heteroatoms. The van der Waals surface area contributed by atoms with E-state index in [4.69, 9.17) is 6.57 Å². The van der Waals surface area contributed by atoms with Gasteiger partial charge >= 0.3 is 0 Å². The van der Waals surface area contributed by atoms with Gasteiger partial charge in [-0.05, 0) is 19.4 Å². The number of nitrogens with zero attached hydrogens (tertiary/aromatic N) is 4. The van der Waals surface area contributed by atoms with Crippen LogP contribution in [0, 0.1) is 31.8 Å². The summed E-state index contributed by atoms with van der Waals surface area (Å²) in [6.45, 7) is 11.6. The maximum absolute atomic E-state index is 9.59. The van der Waals surface area contributed by atoms with E-state index in [0.717, 1.165) is 28.3 Å². The van der Waals surface area contributed by atoms with Crippen LogP contribution in [-0.4, -0.2) is 14.5 Å². The van der Waals surface area contributed by atoms with Gasteiger partial charge in [0.25, 0.3) is 0 Å². The van der Waals surface area contributed by atoms with E-state index in [1.807, 2.05) is 26.0 Å². The van der Waals surface area contributed by atoms with Gasteiger partial charge in [0.2, 0.25) is 0 Å². The highest BCUT2D eigenvalue weighted by Crippen LogP contribution is 2.33. The average Bonchev–Trinajstić information content (AvgIpc) is 3.17. The molecule has 2 heterocycles. The number of hydrogen-bond acceptors (Lipinski definition) is 2. The van der Waals surface area contributed by atoms with E-state index in [1.54, 1.807) is 24.5 Å². The summed E-state index contributed by atoms with van der Waals surface area (Å²) >= 11 is 0. The number of rotatable bonds is 3. The highest BCUT2D eigenvalue weighted by molar-refractivity contribution is 5.76. The summed E-state index contributed by atoms with van der Waals surface area (Å²) in [6.07, 6.45) is 3.51. The minimum Gasteiger partial charge on any atom is -0.347 e. The Labute approximate surface area is 134 Å². The molecule has 23 heavy (non-hydrogen) atoms. The summed E-state index contributed by atoms with van der Waals surface area (Å²) in [7, 11) is 0. The lowest BCUT2D eigenvalue weighted by atomic mass is 10.0. The summed E-state index contributed by atoms with van der Waals surface area (Å²) in [6, 6.07) is 9.67. The summed E-state index contributed by atoms with van der Waals surface area (Å²) < 4.78 is 2.09. The van der Waals surface area contributed by atoms with Crippen LogP contribution in [0.3, 0.4) is 0 Å². The zero-order valence-electron chi connectivity index (χ0n) is 13.0. The van der Waals surface area contributed by atoms with Crippen molar-refractivity contribution in [2.24, 2.45) is 0 Å². The van der Waals surface area contributed by atoms with Crippen molar-refractivity contribution in [3.8, 4) is 17.2 Å². The quantitative estimate of drug-likeness (QED) is 0.744. The van der Waals surface area contributed by atoms with E-state index in [1.165, 1.54) is 0 Å². The molecule has 1 N–H and O–H groups in total. The normalized spacial score (nSPS) is 10.3. The SMILES string of the molecule is [C-]#[N+]c1ccc(-c2c(C#N)c(C)n(Cc3ncc[nH]3)c2C)cc1. The molecule has 0 aliphatic heterocycles. The second-order valence-corrected chi connectivity index (χ2v) is 5.31. The Balaban J connectivity index is 2.13. The van der Waals surface area contributed by atoms with Crippen molar-refractivity contribution in [2.75, 3.05) is 0 Å². The Morgan fingerprint density at radius 3 is 2.57 bits per heavy atom. The largest absolute Gasteiger partial charge is 0.347 e. The standard InChI is InChI=1S/C18H15N5/c1-12-16(10-19)18(14-4-6-15(20-3)7-5-14)13(2)23(12)11-17-21-8-9-22-17/h4-9H,11H2,1-2H3,(H,21,22). The minimum atomic E-state index is 0.594. The lowest BCUT2D eigenvalue weighted by Gasteiger charge is -2.08. The molecule has 0 aliphatic rings. The van der Waals surface area contributed by atoms with Crippen molar-refractivity contribution in [1.29, 1.82) is 5.26 Å². The summed E-state index contributed by atoms with van der Waals surface area (Å²) in [5.74, 6) is 0.852. The highest BCUT2D eigenvalue weighted by atomic mass is 15.0. The molecule has 0 bridgehead atoms. The first-order chi connectivity index (χ1) is 11.2. The van der Waals surface area contributed by atoms with Crippen molar-refractivity contribution in [3.05, 3.63) is 70.9 Å². The van der Waals surface area contributed by atoms with E-state index in [9.17, 15) is 5.26 Å². The molecule has 0 radical (unpaired) electrons. The number of hydrogen-bond donors (Lipinski definition) is 1. The predicted octanol–water partition coefficient (Wildman–Crippen LogP) is 3.97. The summed E-state index contributed by atoms with van der Waals surface area (Å²) in [4.78, 5) is 10.8. The number of nitriles is 1. The third-order valence-electron chi connectivity index (χ3n) is 4.04. The van der Waals surface area contributed by atoms with Gasteiger partial charge in [-0.1, -0.05) is 24.3 Å². The second-order valence-electron chi connectivity index (χ2n) is 5.31. The van der Waals surface area contributed by atoms with Gasteiger partial charge in [0.1, 0.15) is 11.9 Å². The third-order valence-corrected chi connectivity index (χ3v) is 4.04. The smallest absolute Gasteiger partial charge is 0.187 e. The molecule has 0 saturated heterocycles. The third kappa shape index (κ3) is 2.49. The Morgan fingerprint density at radius 1 is 1.26 bits per heavy atom. The van der Waals surface area contributed by atoms with Gasteiger partial charge in [0.05, 0.1) is 18.7 Å². The number of aromatic amines is 1. The van der Waals surface area contributed by atoms with Crippen molar-refractivity contribution >= 4 is 5.69 Å². The van der Waals surface area contributed by atoms with Crippen LogP contribution in [0.25, 0.3) is 16.0 Å². The molecular weight excluding hydrogens is 286 g/mol. The van der Waals surface area contributed by atoms with Crippen LogP contribution in [0.1, 0.15) is 22.8 Å². The topological polar surface area (TPSA) is 61.8 Å². The van der Waals surface area contributed by atoms with Gasteiger partial charge in [-0.2, -0.15) is 5.26 Å². The maximum atomic E-state index is 9.59. The Bertz CT molecular complexity index is 916. The first kappa shape index (κ1) is 14.6. The molecule has 2 aromatic heterocycles. The van der Waals surface area contributed by atoms with Crippen molar-refractivity contribution in [1.82, 2.24) is 14.5 Å². The van der Waals surface area contributed by atoms with Crippen molar-refractivity contribution < 1.29 is 0 Å². The molecule has 5 nitrogen and oxygen atoms in total. The number of imidazole rings is 1. The molecule has 0 unspecified atom stereocenters. The molecule has 112 valence electrons. The lowest BCUT2D eigenvalue weighted by molar-refractivity contribution is 0.716. The van der Waals surface area contributed by atoms with Crippen LogP contribution in [-0.2, 0) is 6.54 Å². The first-order valence-corrected chi connectivity index (χ1v) is 7.21. The van der Waals surface area contributed by atoms with Gasteiger partial charge in [-0.3, -0.25) is 0 Å². The molecule has 1 aromatic carbocycles. The van der Waals surface area contributed by atoms with Crippen LogP contribution in [0.2, 0.25) is 0 Å². The molecule has 0 atom stereocenters. The average molecular weight is 301 g/mol. The van der Waals surface area contributed by atoms with Crippen LogP contribution in [0.5, 0.6) is 0 Å². The van der Waals surface area contributed by atoms with E-state index in [0.29, 0.717) is 17.8 Å². The first-order valence-electron chi connectivity index (χ1n) is 7.21. The monoisotopic (exact) mass is 301 g/mol. The Morgan fingerprint density at radius 2 is 2.00 bits per heavy atom. The molecule has 0 aliphatic carbocycles. The lowest BCUT2D eigenvalue weighted by Crippen LogP contribution is -2.05. The molecule has 0 spiro atoms. The van der Waals surface area contributed by atoms with Crippen molar-refractivity contribution in [3.63, 3.8) is 0 Å². The number of nitrogens with one attached hydrogen (secondary N) is 1. The van der Waals surface area contributed by atoms with Crippen LogP contribution >= 0.6 is 0 Å². The molecule has 3 rings (SSSR count). The van der Waals surface area contributed by atoms with Crippen molar-refractivity contribution in [2.45, 2.75) is 20.4 Å². The van der Waals surface area contributed by atoms with E-state index < -0.39 is 0 Å². The summed E-state index contributed by atoms with van der Waals surface area (Å²) in [5.41, 5.74) is 5.08. The fourth-order valence-electron chi connectivity index (χ4n) is 2.85. The molecule has 0 saturated carbocycles. The molecule has 0 fully saturated rings. The molecular formula is C18H15N5. The molecule has 0 amide bonds. The van der Waals surface area contributed by atoms with Gasteiger partial charge in [0.15, 0.2) is 5.69 Å². The number of aromatic nitrogens is 3. The van der Waals surface area contributed by atoms with Gasteiger partial charge < -0.3 is 9.55 Å². The van der Waals surface area contributed by atoms with Crippen LogP contribution in [0.4, 0.5) is 5.69 Å². The molecule has 3 aromatic rings. The fraction of sp³-hybridized carbons (Fsp3) is 0.167. The number of H-pyrrole nitrogens is 1. The van der Waals surface area contributed by atoms with Gasteiger partial charge in [-0.25, -0.2) is 9.83 Å². The predicted molar refractivity (Wildman–Crippen MR) is 88.0 cm³/mol. The fourth-order valence-corrected chi connectivity index (χ4v) is 2.85. The van der Waals surface area contributed by atoms with Crippen LogP contribution in [0.15, 0.2) is 36.7 Å². The zero-order valence-corrected chi connectivity index (χ0v) is 13.0. The zero-order chi connectivity index (χ0) is 16.4. The van der Waals surface area contributed by atoms with E-state index >= 15 is 0 Å². The van der Waals surface area contributed by atoms with E-state index in [-0.39, 0.29) is 0 Å². The highest BCUT2D eigenvalue weighted by Gasteiger charge is 2.19. The van der Waals surface area contributed by atoms with E-state index in [2.05, 4.69) is 25.4 Å². The van der Waals surface area contributed by atoms with Crippen LogP contribution < -0.4 is 0 Å². The Kier molecular flexibility index (Phi) is 3.70. The maximum Gasteiger partial charge on any atom is 0.187 e. The second kappa shape index (κ2) is 5.82. The van der Waals surface area contributed by atoms with Gasteiger partial charge in [0, 0.05) is 29.3 Å². The number of benzene rings is 1. The van der Waals surface area contributed by atoms with Gasteiger partial charge in [-0.15, -0.1) is 0 Å². The minimum absolute atomic E-state index is 0.594. The summed E-state index contributed by atoms with van der Waals surface area (Å²) in [5, 5.41) is 9.59.